The smallest absolute Gasteiger partial charge is 0.156 e. The number of nitrogens with zero attached hydrogens (tertiary/aromatic N) is 1. The average Bonchev–Trinajstić information content (AvgIpc) is 2.62. The second kappa shape index (κ2) is 5.66. The molecule has 0 aromatic rings. The van der Waals surface area contributed by atoms with Crippen LogP contribution in [0.5, 0.6) is 0 Å². The van der Waals surface area contributed by atoms with Gasteiger partial charge in [-0.15, -0.1) is 0 Å². The minimum absolute atomic E-state index is 0.414. The number of thioether (sulfide) groups is 2. The first-order valence-corrected chi connectivity index (χ1v) is 9.03. The summed E-state index contributed by atoms with van der Waals surface area (Å²) in [5, 5.41) is 5.45. The lowest BCUT2D eigenvalue weighted by Crippen LogP contribution is -2.44. The van der Waals surface area contributed by atoms with E-state index in [4.69, 9.17) is 0 Å². The van der Waals surface area contributed by atoms with Gasteiger partial charge in [0.15, 0.2) is 5.17 Å². The molecule has 0 amide bonds. The summed E-state index contributed by atoms with van der Waals surface area (Å²) in [5.74, 6) is 0. The molecule has 0 spiro atoms. The lowest BCUT2D eigenvalue weighted by molar-refractivity contribution is 0.362. The van der Waals surface area contributed by atoms with Crippen LogP contribution in [0.15, 0.2) is 4.99 Å². The minimum atomic E-state index is 0.414. The van der Waals surface area contributed by atoms with E-state index < -0.39 is 0 Å². The highest BCUT2D eigenvalue weighted by molar-refractivity contribution is 8.14. The number of hydrogen-bond donors (Lipinski definition) is 1. The predicted octanol–water partition coefficient (Wildman–Crippen LogP) is 3.77. The molecule has 0 radical (unpaired) electrons. The van der Waals surface area contributed by atoms with Crippen molar-refractivity contribution in [1.82, 2.24) is 5.32 Å². The van der Waals surface area contributed by atoms with Gasteiger partial charge in [0.05, 0.1) is 6.54 Å². The lowest BCUT2D eigenvalue weighted by atomic mass is 9.84. The predicted molar refractivity (Wildman–Crippen MR) is 85.9 cm³/mol. The molecule has 1 fully saturated rings. The van der Waals surface area contributed by atoms with Gasteiger partial charge in [-0.25, -0.2) is 0 Å². The third kappa shape index (κ3) is 3.83. The molecule has 0 bridgehead atoms. The first-order valence-electron chi connectivity index (χ1n) is 6.93. The van der Waals surface area contributed by atoms with Crippen molar-refractivity contribution in [3.05, 3.63) is 0 Å². The molecular formula is C14H26N2S2. The molecule has 104 valence electrons. The number of hydrogen-bond acceptors (Lipinski definition) is 4. The van der Waals surface area contributed by atoms with Crippen LogP contribution < -0.4 is 5.32 Å². The van der Waals surface area contributed by atoms with E-state index in [1.807, 2.05) is 23.5 Å². The largest absolute Gasteiger partial charge is 0.364 e. The standard InChI is InChI=1S/C14H26N2S2/c1-13(2,3)8-11-9-15-12(18-11)16-10-14(17-4)6-5-7-14/h11H,5-10H2,1-4H3,(H,15,16). The monoisotopic (exact) mass is 286 g/mol. The summed E-state index contributed by atoms with van der Waals surface area (Å²) in [6.45, 7) is 9.04. The molecule has 1 unspecified atom stereocenters. The van der Waals surface area contributed by atoms with Gasteiger partial charge in [0.2, 0.25) is 0 Å². The molecule has 1 heterocycles. The molecule has 2 nitrogen and oxygen atoms in total. The van der Waals surface area contributed by atoms with Crippen molar-refractivity contribution in [2.45, 2.75) is 56.5 Å². The van der Waals surface area contributed by atoms with Crippen LogP contribution in [-0.2, 0) is 0 Å². The van der Waals surface area contributed by atoms with Crippen LogP contribution in [0.3, 0.4) is 0 Å². The topological polar surface area (TPSA) is 24.4 Å². The van der Waals surface area contributed by atoms with Crippen molar-refractivity contribution in [1.29, 1.82) is 0 Å². The van der Waals surface area contributed by atoms with Crippen molar-refractivity contribution in [2.24, 2.45) is 10.4 Å². The molecular weight excluding hydrogens is 260 g/mol. The van der Waals surface area contributed by atoms with Gasteiger partial charge in [-0.2, -0.15) is 11.8 Å². The molecule has 2 aliphatic rings. The van der Waals surface area contributed by atoms with Gasteiger partial charge in [0.1, 0.15) is 0 Å². The second-order valence-electron chi connectivity index (χ2n) is 6.74. The Morgan fingerprint density at radius 2 is 2.17 bits per heavy atom. The molecule has 0 aromatic heterocycles. The first kappa shape index (κ1) is 14.6. The Balaban J connectivity index is 1.72. The maximum Gasteiger partial charge on any atom is 0.156 e. The summed E-state index contributed by atoms with van der Waals surface area (Å²) in [7, 11) is 0. The maximum absolute atomic E-state index is 4.66. The average molecular weight is 287 g/mol. The van der Waals surface area contributed by atoms with Crippen LogP contribution >= 0.6 is 23.5 Å². The second-order valence-corrected chi connectivity index (χ2v) is 9.31. The highest BCUT2D eigenvalue weighted by Gasteiger charge is 2.36. The van der Waals surface area contributed by atoms with Crippen molar-refractivity contribution >= 4 is 28.7 Å². The highest BCUT2D eigenvalue weighted by atomic mass is 32.2. The number of aliphatic imine (C=N–C) groups is 1. The number of nitrogens with one attached hydrogen (secondary N) is 1. The van der Waals surface area contributed by atoms with Gasteiger partial charge in [-0.05, 0) is 30.9 Å². The summed E-state index contributed by atoms with van der Waals surface area (Å²) in [5.41, 5.74) is 0.414. The van der Waals surface area contributed by atoms with Crippen LogP contribution in [0.2, 0.25) is 0 Å². The third-order valence-electron chi connectivity index (χ3n) is 3.82. The Bertz CT molecular complexity index is 311. The fourth-order valence-corrected chi connectivity index (χ4v) is 4.83. The zero-order valence-electron chi connectivity index (χ0n) is 12.1. The summed E-state index contributed by atoms with van der Waals surface area (Å²) in [6.07, 6.45) is 7.62. The van der Waals surface area contributed by atoms with Gasteiger partial charge < -0.3 is 5.32 Å². The quantitative estimate of drug-likeness (QED) is 0.851. The van der Waals surface area contributed by atoms with Gasteiger partial charge in [0.25, 0.3) is 0 Å². The summed E-state index contributed by atoms with van der Waals surface area (Å²) in [6, 6.07) is 0. The molecule has 1 atom stereocenters. The fourth-order valence-electron chi connectivity index (χ4n) is 2.56. The van der Waals surface area contributed by atoms with Crippen LogP contribution in [-0.4, -0.2) is 34.5 Å². The third-order valence-corrected chi connectivity index (χ3v) is 6.38. The SMILES string of the molecule is CSC1(CNC2=NCC(CC(C)(C)C)S2)CCC1. The van der Waals surface area contributed by atoms with E-state index in [1.165, 1.54) is 30.9 Å². The number of amidine groups is 1. The van der Waals surface area contributed by atoms with Crippen LogP contribution in [0, 0.1) is 5.41 Å². The molecule has 2 rings (SSSR count). The molecule has 1 aliphatic heterocycles. The molecule has 1 saturated carbocycles. The van der Waals surface area contributed by atoms with E-state index in [1.54, 1.807) is 0 Å². The zero-order chi connectivity index (χ0) is 13.2. The Morgan fingerprint density at radius 1 is 1.44 bits per heavy atom. The van der Waals surface area contributed by atoms with Crippen molar-refractivity contribution in [2.75, 3.05) is 19.3 Å². The van der Waals surface area contributed by atoms with Crippen molar-refractivity contribution < 1.29 is 0 Å². The van der Waals surface area contributed by atoms with Crippen molar-refractivity contribution in [3.63, 3.8) is 0 Å². The highest BCUT2D eigenvalue weighted by Crippen LogP contribution is 2.42. The van der Waals surface area contributed by atoms with E-state index in [-0.39, 0.29) is 0 Å². The maximum atomic E-state index is 4.66. The Labute approximate surface area is 120 Å². The van der Waals surface area contributed by atoms with Gasteiger partial charge in [-0.3, -0.25) is 4.99 Å². The van der Waals surface area contributed by atoms with E-state index >= 15 is 0 Å². The van der Waals surface area contributed by atoms with Crippen LogP contribution in [0.4, 0.5) is 0 Å². The molecule has 0 saturated heterocycles. The normalized spacial score (nSPS) is 26.7. The molecule has 1 N–H and O–H groups in total. The Hall–Kier alpha value is 0.170. The zero-order valence-corrected chi connectivity index (χ0v) is 13.7. The Kier molecular flexibility index (Phi) is 4.58. The first-order chi connectivity index (χ1) is 8.42. The molecule has 1 aliphatic carbocycles. The van der Waals surface area contributed by atoms with Gasteiger partial charge in [-0.1, -0.05) is 39.0 Å². The lowest BCUT2D eigenvalue weighted by Gasteiger charge is -2.40. The van der Waals surface area contributed by atoms with Crippen LogP contribution in [0.25, 0.3) is 0 Å². The minimum Gasteiger partial charge on any atom is -0.364 e. The molecule has 4 heteroatoms. The molecule has 18 heavy (non-hydrogen) atoms. The van der Waals surface area contributed by atoms with E-state index in [0.717, 1.165) is 13.1 Å². The van der Waals surface area contributed by atoms with Crippen LogP contribution in [0.1, 0.15) is 46.5 Å². The Morgan fingerprint density at radius 3 is 2.67 bits per heavy atom. The van der Waals surface area contributed by atoms with Gasteiger partial charge in [0, 0.05) is 16.5 Å². The fraction of sp³-hybridized carbons (Fsp3) is 0.929. The van der Waals surface area contributed by atoms with E-state index in [9.17, 15) is 0 Å². The molecule has 0 aromatic carbocycles. The van der Waals surface area contributed by atoms with E-state index in [0.29, 0.717) is 15.4 Å². The van der Waals surface area contributed by atoms with Crippen molar-refractivity contribution in [3.8, 4) is 0 Å². The summed E-state index contributed by atoms with van der Waals surface area (Å²) >= 11 is 3.98. The summed E-state index contributed by atoms with van der Waals surface area (Å²) in [4.78, 5) is 4.66. The van der Waals surface area contributed by atoms with Gasteiger partial charge >= 0.3 is 0 Å². The van der Waals surface area contributed by atoms with E-state index in [2.05, 4.69) is 37.3 Å². The summed E-state index contributed by atoms with van der Waals surface area (Å²) < 4.78 is 0.505. The number of rotatable bonds is 4.